The third-order valence-corrected chi connectivity index (χ3v) is 9.24. The summed E-state index contributed by atoms with van der Waals surface area (Å²) in [6.07, 6.45) is 7.77. The molecule has 3 nitrogen and oxygen atoms in total. The van der Waals surface area contributed by atoms with Gasteiger partial charge in [-0.3, -0.25) is 4.98 Å². The van der Waals surface area contributed by atoms with Crippen LogP contribution < -0.4 is 0 Å². The van der Waals surface area contributed by atoms with Crippen LogP contribution in [0.2, 0.25) is 0 Å². The van der Waals surface area contributed by atoms with E-state index in [-0.39, 0.29) is 10.8 Å². The number of rotatable bonds is 13. The molecule has 1 aromatic heterocycles. The van der Waals surface area contributed by atoms with Gasteiger partial charge in [-0.15, -0.1) is 0 Å². The molecule has 1 saturated heterocycles. The van der Waals surface area contributed by atoms with Crippen LogP contribution in [0, 0.1) is 0 Å². The molecule has 0 unspecified atom stereocenters. The van der Waals surface area contributed by atoms with E-state index in [1.807, 2.05) is 12.3 Å². The highest BCUT2D eigenvalue weighted by Crippen LogP contribution is 2.42. The number of aromatic nitrogens is 1. The largest absolute Gasteiger partial charge is 0.303 e. The van der Waals surface area contributed by atoms with Crippen LogP contribution in [-0.4, -0.2) is 54.1 Å². The first kappa shape index (κ1) is 29.2. The highest BCUT2D eigenvalue weighted by molar-refractivity contribution is 5.48. The molecular weight excluding hydrogens is 498 g/mol. The zero-order valence-electron chi connectivity index (χ0n) is 25.1. The molecule has 2 heterocycles. The van der Waals surface area contributed by atoms with Crippen molar-refractivity contribution in [3.8, 4) is 0 Å². The van der Waals surface area contributed by atoms with Crippen molar-refractivity contribution >= 4 is 0 Å². The highest BCUT2D eigenvalue weighted by atomic mass is 15.2. The Morgan fingerprint density at radius 3 is 1.76 bits per heavy atom. The summed E-state index contributed by atoms with van der Waals surface area (Å²) >= 11 is 0. The number of pyridine rings is 1. The molecule has 3 aromatic carbocycles. The van der Waals surface area contributed by atoms with Crippen molar-refractivity contribution in [3.05, 3.63) is 138 Å². The van der Waals surface area contributed by atoms with Gasteiger partial charge in [0.1, 0.15) is 0 Å². The van der Waals surface area contributed by atoms with Crippen LogP contribution in [-0.2, 0) is 10.8 Å². The fourth-order valence-electron chi connectivity index (χ4n) is 7.13. The molecule has 0 saturated carbocycles. The molecule has 1 aliphatic heterocycles. The van der Waals surface area contributed by atoms with Crippen LogP contribution in [0.25, 0.3) is 0 Å². The molecule has 214 valence electrons. The van der Waals surface area contributed by atoms with Crippen molar-refractivity contribution in [1.29, 1.82) is 0 Å². The third-order valence-electron chi connectivity index (χ3n) is 9.24. The molecule has 1 fully saturated rings. The lowest BCUT2D eigenvalue weighted by Crippen LogP contribution is -2.50. The average molecular weight is 546 g/mol. The van der Waals surface area contributed by atoms with Gasteiger partial charge < -0.3 is 9.80 Å². The summed E-state index contributed by atoms with van der Waals surface area (Å²) < 4.78 is 0. The Labute approximate surface area is 248 Å². The van der Waals surface area contributed by atoms with E-state index in [9.17, 15) is 0 Å². The number of hydrogen-bond donors (Lipinski definition) is 0. The molecule has 0 bridgehead atoms. The fraction of sp³-hybridized carbons (Fsp3) is 0.395. The zero-order valence-corrected chi connectivity index (χ0v) is 25.1. The van der Waals surface area contributed by atoms with E-state index in [1.165, 1.54) is 62.0 Å². The van der Waals surface area contributed by atoms with E-state index < -0.39 is 0 Å². The number of benzene rings is 3. The van der Waals surface area contributed by atoms with Crippen molar-refractivity contribution < 1.29 is 0 Å². The maximum atomic E-state index is 4.97. The predicted molar refractivity (Wildman–Crippen MR) is 172 cm³/mol. The second-order valence-electron chi connectivity index (χ2n) is 11.9. The lowest BCUT2D eigenvalue weighted by Gasteiger charge is -2.46. The number of hydrogen-bond acceptors (Lipinski definition) is 3. The summed E-state index contributed by atoms with van der Waals surface area (Å²) in [5, 5.41) is 0. The van der Waals surface area contributed by atoms with Crippen LogP contribution in [0.1, 0.15) is 68.3 Å². The topological polar surface area (TPSA) is 19.4 Å². The van der Waals surface area contributed by atoms with E-state index in [1.54, 1.807) is 0 Å². The number of nitrogens with zero attached hydrogens (tertiary/aromatic N) is 3. The van der Waals surface area contributed by atoms with Gasteiger partial charge in [0, 0.05) is 18.2 Å². The van der Waals surface area contributed by atoms with Gasteiger partial charge in [0.2, 0.25) is 0 Å². The Balaban J connectivity index is 1.41. The molecule has 0 atom stereocenters. The maximum Gasteiger partial charge on any atom is 0.0635 e. The number of likely N-dealkylation sites (tertiary alicyclic amines) is 1. The van der Waals surface area contributed by atoms with Crippen LogP contribution in [0.3, 0.4) is 0 Å². The molecule has 0 aliphatic carbocycles. The quantitative estimate of drug-likeness (QED) is 0.170. The van der Waals surface area contributed by atoms with E-state index in [0.29, 0.717) is 0 Å². The monoisotopic (exact) mass is 545 g/mol. The molecule has 0 spiro atoms. The van der Waals surface area contributed by atoms with Gasteiger partial charge in [0.15, 0.2) is 0 Å². The van der Waals surface area contributed by atoms with E-state index in [2.05, 4.69) is 127 Å². The molecule has 0 radical (unpaired) electrons. The molecule has 0 N–H and O–H groups in total. The minimum absolute atomic E-state index is 0.221. The molecule has 1 aliphatic rings. The van der Waals surface area contributed by atoms with E-state index in [0.717, 1.165) is 31.7 Å². The van der Waals surface area contributed by atoms with E-state index >= 15 is 0 Å². The summed E-state index contributed by atoms with van der Waals surface area (Å²) in [7, 11) is 0. The van der Waals surface area contributed by atoms with Crippen molar-refractivity contribution in [3.63, 3.8) is 0 Å². The molecule has 41 heavy (non-hydrogen) atoms. The summed E-state index contributed by atoms with van der Waals surface area (Å²) in [5.74, 6) is 0. The second-order valence-corrected chi connectivity index (χ2v) is 11.9. The normalized spacial score (nSPS) is 15.7. The van der Waals surface area contributed by atoms with Gasteiger partial charge in [-0.2, -0.15) is 0 Å². The summed E-state index contributed by atoms with van der Waals surface area (Å²) in [5.41, 5.74) is 5.21. The summed E-state index contributed by atoms with van der Waals surface area (Å²) in [6.45, 7) is 11.5. The van der Waals surface area contributed by atoms with Gasteiger partial charge in [-0.05, 0) is 93.7 Å². The lowest BCUT2D eigenvalue weighted by molar-refractivity contribution is 0.111. The van der Waals surface area contributed by atoms with Crippen molar-refractivity contribution in [1.82, 2.24) is 14.8 Å². The fourth-order valence-corrected chi connectivity index (χ4v) is 7.13. The van der Waals surface area contributed by atoms with E-state index in [4.69, 9.17) is 4.98 Å². The highest BCUT2D eigenvalue weighted by Gasteiger charge is 2.40. The first-order valence-corrected chi connectivity index (χ1v) is 15.7. The third kappa shape index (κ3) is 6.63. The molecular formula is C38H47N3. The Kier molecular flexibility index (Phi) is 10.0. The van der Waals surface area contributed by atoms with Gasteiger partial charge in [-0.25, -0.2) is 0 Å². The molecule has 5 rings (SSSR count). The second kappa shape index (κ2) is 14.1. The van der Waals surface area contributed by atoms with Crippen molar-refractivity contribution in [2.45, 2.75) is 56.8 Å². The smallest absolute Gasteiger partial charge is 0.0635 e. The van der Waals surface area contributed by atoms with Crippen LogP contribution in [0.5, 0.6) is 0 Å². The lowest BCUT2D eigenvalue weighted by atomic mass is 9.68. The molecule has 3 heteroatoms. The van der Waals surface area contributed by atoms with Gasteiger partial charge in [-0.1, -0.05) is 111 Å². The minimum atomic E-state index is -0.295. The SMILES string of the molecule is CCCN(CCC)CC1(c2ccccc2)CCN(CCC(c2ccccc2)(c2ccccc2)c2ccccn2)CC1. The van der Waals surface area contributed by atoms with Gasteiger partial charge in [0.05, 0.1) is 11.1 Å². The Morgan fingerprint density at radius 1 is 0.707 bits per heavy atom. The molecule has 0 amide bonds. The van der Waals surface area contributed by atoms with Crippen molar-refractivity contribution in [2.24, 2.45) is 0 Å². The van der Waals surface area contributed by atoms with Crippen LogP contribution in [0.4, 0.5) is 0 Å². The Morgan fingerprint density at radius 2 is 1.24 bits per heavy atom. The molecule has 4 aromatic rings. The Hall–Kier alpha value is -3.27. The summed E-state index contributed by atoms with van der Waals surface area (Å²) in [4.78, 5) is 10.4. The number of piperidine rings is 1. The van der Waals surface area contributed by atoms with Gasteiger partial charge >= 0.3 is 0 Å². The standard InChI is InChI=1S/C38H47N3/c1-3-27-41(28-4-2)32-37(33-16-8-5-9-17-33)23-29-40(30-24-37)31-25-38(34-18-10-6-11-19-34,35-20-12-7-13-21-35)36-22-14-15-26-39-36/h5-22,26H,3-4,23-25,27-32H2,1-2H3. The first-order chi connectivity index (χ1) is 20.2. The van der Waals surface area contributed by atoms with Crippen molar-refractivity contribution in [2.75, 3.05) is 39.3 Å². The minimum Gasteiger partial charge on any atom is -0.303 e. The van der Waals surface area contributed by atoms with Crippen LogP contribution in [0.15, 0.2) is 115 Å². The van der Waals surface area contributed by atoms with Gasteiger partial charge in [0.25, 0.3) is 0 Å². The maximum absolute atomic E-state index is 4.97. The first-order valence-electron chi connectivity index (χ1n) is 15.7. The predicted octanol–water partition coefficient (Wildman–Crippen LogP) is 7.96. The Bertz CT molecular complexity index is 1180. The van der Waals surface area contributed by atoms with Crippen LogP contribution >= 0.6 is 0 Å². The average Bonchev–Trinajstić information content (AvgIpc) is 3.04. The zero-order chi connectivity index (χ0) is 28.4. The summed E-state index contributed by atoms with van der Waals surface area (Å²) in [6, 6.07) is 39.8.